The summed E-state index contributed by atoms with van der Waals surface area (Å²) in [7, 11) is -0.529. The van der Waals surface area contributed by atoms with Gasteiger partial charge in [0.05, 0.1) is 0 Å². The minimum atomic E-state index is -0.529. The molecule has 0 unspecified atom stereocenters. The lowest BCUT2D eigenvalue weighted by Gasteiger charge is -2.25. The summed E-state index contributed by atoms with van der Waals surface area (Å²) in [5.41, 5.74) is 3.08. The van der Waals surface area contributed by atoms with E-state index in [0.29, 0.717) is 0 Å². The van der Waals surface area contributed by atoms with Crippen LogP contribution < -0.4 is 15.9 Å². The van der Waals surface area contributed by atoms with E-state index in [9.17, 15) is 0 Å². The molecule has 0 amide bonds. The summed E-state index contributed by atoms with van der Waals surface area (Å²) in [6, 6.07) is 26.6. The van der Waals surface area contributed by atoms with E-state index in [2.05, 4.69) is 88.7 Å². The molecule has 3 aromatic rings. The molecule has 2 heteroatoms. The van der Waals surface area contributed by atoms with Gasteiger partial charge in [-0.1, -0.05) is 72.8 Å². The minimum absolute atomic E-state index is 0.529. The Morgan fingerprint density at radius 1 is 0.667 bits per heavy atom. The fraction of sp³-hybridized carbons (Fsp3) is 0.182. The molecule has 1 aliphatic rings. The number of halogens is 1. The van der Waals surface area contributed by atoms with Crippen molar-refractivity contribution in [3.05, 3.63) is 88.4 Å². The van der Waals surface area contributed by atoms with Crippen molar-refractivity contribution in [2.24, 2.45) is 0 Å². The SMILES string of the molecule is Brc1c(P(c2ccccc2)c2ccccc2)ccc2c1CCCC2. The fourth-order valence-corrected chi connectivity index (χ4v) is 6.99. The lowest BCUT2D eigenvalue weighted by Crippen LogP contribution is -2.23. The molecule has 0 aliphatic heterocycles. The highest BCUT2D eigenvalue weighted by Gasteiger charge is 2.22. The number of rotatable bonds is 3. The first-order chi connectivity index (χ1) is 11.8. The fourth-order valence-electron chi connectivity index (χ4n) is 3.52. The molecule has 120 valence electrons. The summed E-state index contributed by atoms with van der Waals surface area (Å²) >= 11 is 3.98. The standard InChI is InChI=1S/C22H20BrP/c23-22-20-14-8-7-9-17(20)15-16-21(22)24(18-10-3-1-4-11-18)19-12-5-2-6-13-19/h1-6,10-13,15-16H,7-9,14H2. The summed E-state index contributed by atoms with van der Waals surface area (Å²) in [6.45, 7) is 0. The zero-order valence-corrected chi connectivity index (χ0v) is 16.1. The Hall–Kier alpha value is -1.43. The van der Waals surface area contributed by atoms with Crippen LogP contribution in [0.25, 0.3) is 0 Å². The van der Waals surface area contributed by atoms with Gasteiger partial charge in [-0.3, -0.25) is 0 Å². The molecule has 4 rings (SSSR count). The van der Waals surface area contributed by atoms with Crippen molar-refractivity contribution >= 4 is 39.8 Å². The van der Waals surface area contributed by atoms with Crippen LogP contribution in [0.4, 0.5) is 0 Å². The highest BCUT2D eigenvalue weighted by Crippen LogP contribution is 2.38. The van der Waals surface area contributed by atoms with Crippen LogP contribution in [0, 0.1) is 0 Å². The maximum absolute atomic E-state index is 3.98. The zero-order valence-electron chi connectivity index (χ0n) is 13.6. The van der Waals surface area contributed by atoms with E-state index >= 15 is 0 Å². The van der Waals surface area contributed by atoms with Crippen LogP contribution in [-0.4, -0.2) is 0 Å². The average molecular weight is 395 g/mol. The van der Waals surface area contributed by atoms with E-state index in [-0.39, 0.29) is 0 Å². The molecule has 24 heavy (non-hydrogen) atoms. The maximum atomic E-state index is 3.98. The molecule has 0 heterocycles. The summed E-state index contributed by atoms with van der Waals surface area (Å²) in [6.07, 6.45) is 5.06. The Labute approximate surface area is 153 Å². The first kappa shape index (κ1) is 16.1. The molecule has 0 saturated carbocycles. The first-order valence-corrected chi connectivity index (χ1v) is 10.7. The molecule has 0 nitrogen and oxygen atoms in total. The van der Waals surface area contributed by atoms with E-state index in [1.807, 2.05) is 0 Å². The van der Waals surface area contributed by atoms with Crippen molar-refractivity contribution in [3.63, 3.8) is 0 Å². The largest absolute Gasteiger partial charge is 0.0622 e. The Kier molecular flexibility index (Phi) is 4.83. The molecular weight excluding hydrogens is 375 g/mol. The number of hydrogen-bond acceptors (Lipinski definition) is 0. The lowest BCUT2D eigenvalue weighted by molar-refractivity contribution is 0.684. The van der Waals surface area contributed by atoms with Crippen LogP contribution >= 0.6 is 23.9 Å². The molecular formula is C22H20BrP. The number of aryl methyl sites for hydroxylation is 1. The molecule has 0 atom stereocenters. The molecule has 0 saturated heterocycles. The monoisotopic (exact) mass is 394 g/mol. The molecule has 0 fully saturated rings. The summed E-state index contributed by atoms with van der Waals surface area (Å²) in [5, 5.41) is 4.27. The second-order valence-electron chi connectivity index (χ2n) is 6.25. The highest BCUT2D eigenvalue weighted by atomic mass is 79.9. The van der Waals surface area contributed by atoms with Gasteiger partial charge in [-0.05, 0) is 76.6 Å². The maximum Gasteiger partial charge on any atom is 0.0293 e. The number of fused-ring (bicyclic) bond motifs is 1. The van der Waals surface area contributed by atoms with Crippen molar-refractivity contribution in [1.82, 2.24) is 0 Å². The van der Waals surface area contributed by atoms with Gasteiger partial charge < -0.3 is 0 Å². The van der Waals surface area contributed by atoms with Gasteiger partial charge in [0.1, 0.15) is 0 Å². The number of benzene rings is 3. The molecule has 1 aliphatic carbocycles. The van der Waals surface area contributed by atoms with Gasteiger partial charge in [0, 0.05) is 4.47 Å². The van der Waals surface area contributed by atoms with Crippen LogP contribution in [0.2, 0.25) is 0 Å². The molecule has 0 radical (unpaired) electrons. The summed E-state index contributed by atoms with van der Waals surface area (Å²) in [4.78, 5) is 0. The summed E-state index contributed by atoms with van der Waals surface area (Å²) in [5.74, 6) is 0. The van der Waals surface area contributed by atoms with E-state index in [1.165, 1.54) is 57.2 Å². The Morgan fingerprint density at radius 3 is 1.88 bits per heavy atom. The molecule has 3 aromatic carbocycles. The van der Waals surface area contributed by atoms with E-state index in [0.717, 1.165) is 0 Å². The second-order valence-corrected chi connectivity index (χ2v) is 9.23. The topological polar surface area (TPSA) is 0 Å². The molecule has 0 spiro atoms. The van der Waals surface area contributed by atoms with Crippen molar-refractivity contribution in [1.29, 1.82) is 0 Å². The smallest absolute Gasteiger partial charge is 0.0293 e. The quantitative estimate of drug-likeness (QED) is 0.543. The normalized spacial score (nSPS) is 13.8. The van der Waals surface area contributed by atoms with Gasteiger partial charge in [-0.15, -0.1) is 0 Å². The molecule has 0 bridgehead atoms. The van der Waals surface area contributed by atoms with Gasteiger partial charge >= 0.3 is 0 Å². The van der Waals surface area contributed by atoms with Gasteiger partial charge in [0.2, 0.25) is 0 Å². The Morgan fingerprint density at radius 2 is 1.25 bits per heavy atom. The number of hydrogen-bond donors (Lipinski definition) is 0. The predicted octanol–water partition coefficient (Wildman–Crippen LogP) is 5.09. The van der Waals surface area contributed by atoms with Gasteiger partial charge in [0.15, 0.2) is 0 Å². The van der Waals surface area contributed by atoms with Crippen molar-refractivity contribution in [2.45, 2.75) is 25.7 Å². The zero-order chi connectivity index (χ0) is 16.4. The van der Waals surface area contributed by atoms with Crippen LogP contribution in [0.5, 0.6) is 0 Å². The summed E-state index contributed by atoms with van der Waals surface area (Å²) < 4.78 is 1.35. The Bertz CT molecular complexity index is 788. The lowest BCUT2D eigenvalue weighted by atomic mass is 9.92. The van der Waals surface area contributed by atoms with Crippen molar-refractivity contribution < 1.29 is 0 Å². The molecule has 0 N–H and O–H groups in total. The van der Waals surface area contributed by atoms with Crippen LogP contribution in [0.1, 0.15) is 24.0 Å². The highest BCUT2D eigenvalue weighted by molar-refractivity contribution is 9.10. The third-order valence-electron chi connectivity index (χ3n) is 4.71. The van der Waals surface area contributed by atoms with Gasteiger partial charge in [0.25, 0.3) is 0 Å². The average Bonchev–Trinajstić information content (AvgIpc) is 2.66. The van der Waals surface area contributed by atoms with E-state index in [4.69, 9.17) is 0 Å². The van der Waals surface area contributed by atoms with Crippen molar-refractivity contribution in [2.75, 3.05) is 0 Å². The van der Waals surface area contributed by atoms with E-state index < -0.39 is 7.92 Å². The van der Waals surface area contributed by atoms with Crippen LogP contribution in [0.3, 0.4) is 0 Å². The second kappa shape index (κ2) is 7.21. The first-order valence-electron chi connectivity index (χ1n) is 8.55. The van der Waals surface area contributed by atoms with Gasteiger partial charge in [-0.25, -0.2) is 0 Å². The van der Waals surface area contributed by atoms with E-state index in [1.54, 1.807) is 0 Å². The van der Waals surface area contributed by atoms with Crippen LogP contribution in [0.15, 0.2) is 77.3 Å². The molecule has 0 aromatic heterocycles. The third-order valence-corrected chi connectivity index (χ3v) is 8.41. The van der Waals surface area contributed by atoms with Crippen molar-refractivity contribution in [3.8, 4) is 0 Å². The minimum Gasteiger partial charge on any atom is -0.0622 e. The van der Waals surface area contributed by atoms with Gasteiger partial charge in [-0.2, -0.15) is 0 Å². The van der Waals surface area contributed by atoms with Crippen LogP contribution in [-0.2, 0) is 12.8 Å². The predicted molar refractivity (Wildman–Crippen MR) is 109 cm³/mol. The third kappa shape index (κ3) is 3.08. The Balaban J connectivity index is 1.89.